The van der Waals surface area contributed by atoms with Gasteiger partial charge in [-0.1, -0.05) is 12.8 Å². The molecule has 0 saturated heterocycles. The molecule has 1 aromatic rings. The lowest BCUT2D eigenvalue weighted by atomic mass is 9.89. The van der Waals surface area contributed by atoms with Crippen molar-refractivity contribution in [3.05, 3.63) is 32.6 Å². The second-order valence-corrected chi connectivity index (χ2v) is 8.72. The zero-order valence-corrected chi connectivity index (χ0v) is 18.3. The Morgan fingerprint density at radius 3 is 2.52 bits per heavy atom. The van der Waals surface area contributed by atoms with Crippen molar-refractivity contribution in [3.8, 4) is 0 Å². The number of H-pyrrole nitrogens is 1. The second kappa shape index (κ2) is 9.80. The summed E-state index contributed by atoms with van der Waals surface area (Å²) in [5.74, 6) is -1.81. The molecule has 2 rings (SSSR count). The number of ether oxygens (including phenoxy) is 1. The van der Waals surface area contributed by atoms with E-state index in [-0.39, 0.29) is 5.56 Å². The molecule has 1 unspecified atom stereocenters. The summed E-state index contributed by atoms with van der Waals surface area (Å²) < 4.78 is 6.33. The highest BCUT2D eigenvalue weighted by Gasteiger charge is 2.36. The van der Waals surface area contributed by atoms with Crippen molar-refractivity contribution in [1.82, 2.24) is 19.8 Å². The lowest BCUT2D eigenvalue weighted by Crippen LogP contribution is -2.57. The second-order valence-electron chi connectivity index (χ2n) is 8.72. The van der Waals surface area contributed by atoms with Gasteiger partial charge in [0.2, 0.25) is 5.91 Å². The number of amides is 2. The van der Waals surface area contributed by atoms with Crippen molar-refractivity contribution in [3.63, 3.8) is 0 Å². The van der Waals surface area contributed by atoms with Gasteiger partial charge >= 0.3 is 17.8 Å². The number of nitrogens with zero attached hydrogens (tertiary/aromatic N) is 2. The fourth-order valence-electron chi connectivity index (χ4n) is 3.62. The number of rotatable bonds is 6. The number of aromatic nitrogens is 2. The number of carboxylic acids is 1. The minimum Gasteiger partial charge on any atom is -0.480 e. The summed E-state index contributed by atoms with van der Waals surface area (Å²) in [6.45, 7) is 5.68. The number of carboxylic acid groups (broad SMARTS) is 1. The van der Waals surface area contributed by atoms with Crippen LogP contribution in [0.15, 0.2) is 15.8 Å². The molecule has 11 nitrogen and oxygen atoms in total. The summed E-state index contributed by atoms with van der Waals surface area (Å²) >= 11 is 0. The van der Waals surface area contributed by atoms with Crippen molar-refractivity contribution in [1.29, 1.82) is 0 Å². The lowest BCUT2D eigenvalue weighted by molar-refractivity contribution is -0.147. The van der Waals surface area contributed by atoms with Crippen LogP contribution in [0.25, 0.3) is 0 Å². The third-order valence-electron chi connectivity index (χ3n) is 4.95. The Kier molecular flexibility index (Phi) is 7.64. The molecule has 1 saturated carbocycles. The number of alkyl carbamates (subject to hydrolysis) is 1. The van der Waals surface area contributed by atoms with Gasteiger partial charge in [0, 0.05) is 11.8 Å². The highest BCUT2D eigenvalue weighted by Crippen LogP contribution is 2.24. The SMILES string of the molecule is Cc1cn(CC(=O)N(CC(=O)O)C2CCCC[C@@H]2NC(=O)OC(C)(C)C)c(=O)[nH]c1=O. The molecule has 31 heavy (non-hydrogen) atoms. The molecule has 172 valence electrons. The van der Waals surface area contributed by atoms with Crippen LogP contribution in [0.1, 0.15) is 52.0 Å². The molecule has 0 aromatic carbocycles. The molecule has 1 heterocycles. The van der Waals surface area contributed by atoms with E-state index in [0.717, 1.165) is 17.4 Å². The van der Waals surface area contributed by atoms with E-state index in [1.807, 2.05) is 0 Å². The lowest BCUT2D eigenvalue weighted by Gasteiger charge is -2.39. The first kappa shape index (κ1) is 24.2. The maximum atomic E-state index is 13.0. The predicted molar refractivity (Wildman–Crippen MR) is 111 cm³/mol. The van der Waals surface area contributed by atoms with Crippen molar-refractivity contribution < 1.29 is 24.2 Å². The first-order chi connectivity index (χ1) is 14.4. The highest BCUT2D eigenvalue weighted by molar-refractivity contribution is 5.81. The zero-order valence-electron chi connectivity index (χ0n) is 18.3. The van der Waals surface area contributed by atoms with Crippen LogP contribution < -0.4 is 16.6 Å². The number of carbonyl (C=O) groups excluding carboxylic acids is 2. The van der Waals surface area contributed by atoms with Gasteiger partial charge in [-0.3, -0.25) is 23.9 Å². The van der Waals surface area contributed by atoms with Gasteiger partial charge in [-0.05, 0) is 40.5 Å². The van der Waals surface area contributed by atoms with Crippen LogP contribution in [0.5, 0.6) is 0 Å². The third-order valence-corrected chi connectivity index (χ3v) is 4.95. The van der Waals surface area contributed by atoms with Crippen molar-refractivity contribution in [2.45, 2.75) is 77.6 Å². The quantitative estimate of drug-likeness (QED) is 0.588. The zero-order chi connectivity index (χ0) is 23.3. The van der Waals surface area contributed by atoms with E-state index < -0.39 is 60.0 Å². The Bertz CT molecular complexity index is 944. The number of hydrogen-bond donors (Lipinski definition) is 3. The Labute approximate surface area is 179 Å². The Morgan fingerprint density at radius 1 is 1.26 bits per heavy atom. The number of nitrogens with one attached hydrogen (secondary N) is 2. The third kappa shape index (κ3) is 6.97. The fraction of sp³-hybridized carbons (Fsp3) is 0.650. The maximum Gasteiger partial charge on any atom is 0.407 e. The van der Waals surface area contributed by atoms with Crippen LogP contribution in [0.4, 0.5) is 4.79 Å². The molecule has 1 aliphatic carbocycles. The van der Waals surface area contributed by atoms with Gasteiger partial charge < -0.3 is 20.1 Å². The molecule has 11 heteroatoms. The molecule has 0 aliphatic heterocycles. The van der Waals surface area contributed by atoms with Crippen LogP contribution in [0, 0.1) is 6.92 Å². The summed E-state index contributed by atoms with van der Waals surface area (Å²) in [7, 11) is 0. The van der Waals surface area contributed by atoms with Crippen LogP contribution >= 0.6 is 0 Å². The molecular weight excluding hydrogens is 408 g/mol. The minimum atomic E-state index is -1.21. The molecule has 1 fully saturated rings. The number of aliphatic carboxylic acids is 1. The summed E-state index contributed by atoms with van der Waals surface area (Å²) in [5, 5.41) is 12.1. The molecule has 0 spiro atoms. The minimum absolute atomic E-state index is 0.249. The van der Waals surface area contributed by atoms with Crippen molar-refractivity contribution in [2.75, 3.05) is 6.54 Å². The average molecular weight is 438 g/mol. The van der Waals surface area contributed by atoms with Gasteiger partial charge in [-0.2, -0.15) is 0 Å². The van der Waals surface area contributed by atoms with E-state index >= 15 is 0 Å². The monoisotopic (exact) mass is 438 g/mol. The van der Waals surface area contributed by atoms with E-state index in [1.54, 1.807) is 20.8 Å². The molecule has 0 bridgehead atoms. The van der Waals surface area contributed by atoms with Gasteiger partial charge in [-0.25, -0.2) is 9.59 Å². The van der Waals surface area contributed by atoms with Crippen LogP contribution in [0.3, 0.4) is 0 Å². The van der Waals surface area contributed by atoms with E-state index in [1.165, 1.54) is 18.0 Å². The normalized spacial score (nSPS) is 18.8. The topological polar surface area (TPSA) is 151 Å². The molecule has 1 aliphatic rings. The largest absolute Gasteiger partial charge is 0.480 e. The van der Waals surface area contributed by atoms with Crippen molar-refractivity contribution in [2.24, 2.45) is 0 Å². The molecular formula is C20H30N4O7. The smallest absolute Gasteiger partial charge is 0.407 e. The summed E-state index contributed by atoms with van der Waals surface area (Å²) in [4.78, 5) is 63.6. The highest BCUT2D eigenvalue weighted by atomic mass is 16.6. The van der Waals surface area contributed by atoms with Gasteiger partial charge in [0.15, 0.2) is 0 Å². The van der Waals surface area contributed by atoms with E-state index in [9.17, 15) is 29.1 Å². The summed E-state index contributed by atoms with van der Waals surface area (Å²) in [5.41, 5.74) is -1.76. The Hall–Kier alpha value is -3.11. The fourth-order valence-corrected chi connectivity index (χ4v) is 3.62. The summed E-state index contributed by atoms with van der Waals surface area (Å²) in [6.07, 6.45) is 3.25. The average Bonchev–Trinajstić information content (AvgIpc) is 2.63. The van der Waals surface area contributed by atoms with Crippen LogP contribution in [-0.2, 0) is 20.9 Å². The number of aryl methyl sites for hydroxylation is 1. The maximum absolute atomic E-state index is 13.0. The number of aromatic amines is 1. The van der Waals surface area contributed by atoms with E-state index in [4.69, 9.17) is 4.74 Å². The van der Waals surface area contributed by atoms with Gasteiger partial charge in [-0.15, -0.1) is 0 Å². The number of carbonyl (C=O) groups is 3. The first-order valence-electron chi connectivity index (χ1n) is 10.2. The van der Waals surface area contributed by atoms with Gasteiger partial charge in [0.25, 0.3) is 5.56 Å². The molecule has 3 N–H and O–H groups in total. The molecule has 2 atom stereocenters. The Morgan fingerprint density at radius 2 is 1.90 bits per heavy atom. The van der Waals surface area contributed by atoms with Gasteiger partial charge in [0.1, 0.15) is 18.7 Å². The standard InChI is InChI=1S/C20H30N4O7/c1-12-9-23(18(29)22-17(12)28)10-15(25)24(11-16(26)27)14-8-6-5-7-13(14)21-19(30)31-20(2,3)4/h9,13-14H,5-8,10-11H2,1-4H3,(H,21,30)(H,26,27)(H,22,28,29)/t13-,14?/m0/s1. The molecule has 2 amide bonds. The van der Waals surface area contributed by atoms with Gasteiger partial charge in [0.05, 0.1) is 12.1 Å². The molecule has 1 aromatic heterocycles. The first-order valence-corrected chi connectivity index (χ1v) is 10.2. The van der Waals surface area contributed by atoms with Crippen LogP contribution in [0.2, 0.25) is 0 Å². The van der Waals surface area contributed by atoms with Crippen molar-refractivity contribution >= 4 is 18.0 Å². The Balaban J connectivity index is 2.25. The summed E-state index contributed by atoms with van der Waals surface area (Å²) in [6, 6.07) is -1.05. The van der Waals surface area contributed by atoms with Crippen LogP contribution in [-0.4, -0.2) is 61.8 Å². The molecule has 0 radical (unpaired) electrons. The number of hydrogen-bond acceptors (Lipinski definition) is 6. The van der Waals surface area contributed by atoms with E-state index in [2.05, 4.69) is 10.3 Å². The van der Waals surface area contributed by atoms with E-state index in [0.29, 0.717) is 12.8 Å². The predicted octanol–water partition coefficient (Wildman–Crippen LogP) is 0.594.